The quantitative estimate of drug-likeness (QED) is 0.725. The van der Waals surface area contributed by atoms with Gasteiger partial charge in [-0.2, -0.15) is 0 Å². The second kappa shape index (κ2) is 10.5. The predicted octanol–water partition coefficient (Wildman–Crippen LogP) is 1.55. The summed E-state index contributed by atoms with van der Waals surface area (Å²) in [5, 5.41) is 12.3. The van der Waals surface area contributed by atoms with Crippen molar-refractivity contribution in [1.82, 2.24) is 20.0 Å². The maximum Gasteiger partial charge on any atom is 0.234 e. The van der Waals surface area contributed by atoms with Crippen LogP contribution in [-0.2, 0) is 4.79 Å². The molecule has 6 heteroatoms. The third kappa shape index (κ3) is 6.25. The second-order valence-electron chi connectivity index (χ2n) is 8.76. The van der Waals surface area contributed by atoms with E-state index < -0.39 is 0 Å². The van der Waals surface area contributed by atoms with Gasteiger partial charge in [-0.3, -0.25) is 19.5 Å². The Kier molecular flexibility index (Phi) is 8.07. The van der Waals surface area contributed by atoms with E-state index in [-0.39, 0.29) is 18.6 Å². The van der Waals surface area contributed by atoms with Gasteiger partial charge in [0.15, 0.2) is 0 Å². The number of benzene rings is 1. The highest BCUT2D eigenvalue weighted by Crippen LogP contribution is 2.20. The van der Waals surface area contributed by atoms with Crippen molar-refractivity contribution in [3.63, 3.8) is 0 Å². The van der Waals surface area contributed by atoms with Gasteiger partial charge >= 0.3 is 0 Å². The summed E-state index contributed by atoms with van der Waals surface area (Å²) >= 11 is 0. The molecule has 6 nitrogen and oxygen atoms in total. The lowest BCUT2D eigenvalue weighted by atomic mass is 10.00. The van der Waals surface area contributed by atoms with Crippen molar-refractivity contribution in [2.45, 2.75) is 45.7 Å². The zero-order valence-corrected chi connectivity index (χ0v) is 18.4. The molecule has 0 unspecified atom stereocenters. The number of nitrogens with zero attached hydrogens (tertiary/aromatic N) is 3. The van der Waals surface area contributed by atoms with Crippen LogP contribution in [-0.4, -0.2) is 90.7 Å². The molecular weight excluding hydrogens is 364 g/mol. The Morgan fingerprint density at radius 2 is 1.79 bits per heavy atom. The molecule has 0 saturated carbocycles. The molecule has 0 bridgehead atoms. The first kappa shape index (κ1) is 22.2. The van der Waals surface area contributed by atoms with Crippen molar-refractivity contribution in [3.05, 3.63) is 34.9 Å². The van der Waals surface area contributed by atoms with Crippen LogP contribution in [0.4, 0.5) is 0 Å². The van der Waals surface area contributed by atoms with Gasteiger partial charge in [0.1, 0.15) is 0 Å². The number of aryl methyl sites for hydroxylation is 2. The molecule has 2 heterocycles. The number of hydrogen-bond donors (Lipinski definition) is 2. The smallest absolute Gasteiger partial charge is 0.234 e. The molecule has 2 fully saturated rings. The molecule has 0 radical (unpaired) electrons. The molecular formula is C23H38N4O2. The molecule has 1 amide bonds. The van der Waals surface area contributed by atoms with Crippen LogP contribution in [0, 0.1) is 13.8 Å². The van der Waals surface area contributed by atoms with Crippen LogP contribution in [0.5, 0.6) is 0 Å². The van der Waals surface area contributed by atoms with Crippen molar-refractivity contribution in [2.24, 2.45) is 0 Å². The van der Waals surface area contributed by atoms with Crippen LogP contribution in [0.25, 0.3) is 0 Å². The van der Waals surface area contributed by atoms with Crippen molar-refractivity contribution >= 4 is 5.91 Å². The number of hydrogen-bond acceptors (Lipinski definition) is 5. The molecule has 3 rings (SSSR count). The van der Waals surface area contributed by atoms with E-state index in [0.717, 1.165) is 58.7 Å². The summed E-state index contributed by atoms with van der Waals surface area (Å²) in [5.74, 6) is 0.120. The summed E-state index contributed by atoms with van der Waals surface area (Å²) in [6.45, 7) is 14.1. The fourth-order valence-corrected chi connectivity index (χ4v) is 4.73. The van der Waals surface area contributed by atoms with Crippen molar-refractivity contribution in [3.8, 4) is 0 Å². The highest BCUT2D eigenvalue weighted by atomic mass is 16.3. The molecule has 2 saturated heterocycles. The summed E-state index contributed by atoms with van der Waals surface area (Å²) < 4.78 is 0. The standard InChI is InChI=1S/C23H38N4O2/c1-18-4-5-19(2)22(16-18)20(3)24-23(29)17-26-8-6-21(7-9-26)27-12-10-25(11-13-27)14-15-28/h4-5,16,20-21,28H,6-15,17H2,1-3H3,(H,24,29)/t20-/m0/s1. The Labute approximate surface area is 175 Å². The molecule has 1 aromatic rings. The zero-order valence-electron chi connectivity index (χ0n) is 18.4. The normalized spacial score (nSPS) is 21.2. The largest absolute Gasteiger partial charge is 0.395 e. The number of carbonyl (C=O) groups excluding carboxylic acids is 1. The highest BCUT2D eigenvalue weighted by Gasteiger charge is 2.28. The number of nitrogens with one attached hydrogen (secondary N) is 1. The molecule has 0 aromatic heterocycles. The molecule has 2 aliphatic heterocycles. The molecule has 29 heavy (non-hydrogen) atoms. The summed E-state index contributed by atoms with van der Waals surface area (Å²) in [6.07, 6.45) is 2.28. The average Bonchev–Trinajstić information content (AvgIpc) is 2.71. The van der Waals surface area contributed by atoms with E-state index in [9.17, 15) is 4.79 Å². The monoisotopic (exact) mass is 402 g/mol. The maximum atomic E-state index is 12.6. The lowest BCUT2D eigenvalue weighted by Crippen LogP contribution is -2.54. The number of likely N-dealkylation sites (tertiary alicyclic amines) is 1. The number of rotatable bonds is 7. The Balaban J connectivity index is 1.40. The zero-order chi connectivity index (χ0) is 20.8. The van der Waals surface area contributed by atoms with Crippen LogP contribution in [0.3, 0.4) is 0 Å². The molecule has 162 valence electrons. The van der Waals surface area contributed by atoms with Crippen molar-refractivity contribution in [1.29, 1.82) is 0 Å². The van der Waals surface area contributed by atoms with Crippen molar-refractivity contribution < 1.29 is 9.90 Å². The Morgan fingerprint density at radius 3 is 2.45 bits per heavy atom. The second-order valence-corrected chi connectivity index (χ2v) is 8.76. The van der Waals surface area contributed by atoms with Crippen LogP contribution < -0.4 is 5.32 Å². The number of amides is 1. The fraction of sp³-hybridized carbons (Fsp3) is 0.696. The Bertz CT molecular complexity index is 665. The minimum absolute atomic E-state index is 0.0372. The Hall–Kier alpha value is -1.47. The van der Waals surface area contributed by atoms with E-state index in [4.69, 9.17) is 5.11 Å². The molecule has 2 aliphatic rings. The van der Waals surface area contributed by atoms with Gasteiger partial charge in [0.25, 0.3) is 0 Å². The van der Waals surface area contributed by atoms with E-state index in [2.05, 4.69) is 59.0 Å². The minimum atomic E-state index is 0.0372. The van der Waals surface area contributed by atoms with E-state index in [1.807, 2.05) is 0 Å². The summed E-state index contributed by atoms with van der Waals surface area (Å²) in [4.78, 5) is 19.8. The average molecular weight is 403 g/mol. The predicted molar refractivity (Wildman–Crippen MR) is 117 cm³/mol. The van der Waals surface area contributed by atoms with Gasteiger partial charge in [0, 0.05) is 51.9 Å². The van der Waals surface area contributed by atoms with E-state index in [0.29, 0.717) is 12.6 Å². The summed E-state index contributed by atoms with van der Waals surface area (Å²) in [5.41, 5.74) is 3.66. The Morgan fingerprint density at radius 1 is 1.10 bits per heavy atom. The van der Waals surface area contributed by atoms with Gasteiger partial charge in [-0.05, 0) is 44.7 Å². The summed E-state index contributed by atoms with van der Waals surface area (Å²) in [6, 6.07) is 7.09. The lowest BCUT2D eigenvalue weighted by Gasteiger charge is -2.42. The first-order valence-corrected chi connectivity index (χ1v) is 11.1. The summed E-state index contributed by atoms with van der Waals surface area (Å²) in [7, 11) is 0. The topological polar surface area (TPSA) is 59.1 Å². The van der Waals surface area contributed by atoms with Gasteiger partial charge in [-0.25, -0.2) is 0 Å². The number of piperazine rings is 1. The highest BCUT2D eigenvalue weighted by molar-refractivity contribution is 5.78. The molecule has 0 aliphatic carbocycles. The van der Waals surface area contributed by atoms with Crippen LogP contribution in [0.1, 0.15) is 42.5 Å². The first-order valence-electron chi connectivity index (χ1n) is 11.1. The van der Waals surface area contributed by atoms with E-state index in [1.165, 1.54) is 16.7 Å². The van der Waals surface area contributed by atoms with Crippen LogP contribution >= 0.6 is 0 Å². The number of aliphatic hydroxyl groups is 1. The molecule has 2 N–H and O–H groups in total. The third-order valence-electron chi connectivity index (χ3n) is 6.54. The van der Waals surface area contributed by atoms with Gasteiger partial charge < -0.3 is 10.4 Å². The number of β-amino-alcohol motifs (C(OH)–C–C–N with tert-alkyl or cyclic N) is 1. The lowest BCUT2D eigenvalue weighted by molar-refractivity contribution is -0.123. The molecule has 1 aromatic carbocycles. The van der Waals surface area contributed by atoms with Crippen LogP contribution in [0.2, 0.25) is 0 Å². The fourth-order valence-electron chi connectivity index (χ4n) is 4.73. The molecule has 0 spiro atoms. The van der Waals surface area contributed by atoms with Crippen molar-refractivity contribution in [2.75, 3.05) is 59.0 Å². The van der Waals surface area contributed by atoms with Gasteiger partial charge in [-0.1, -0.05) is 23.8 Å². The van der Waals surface area contributed by atoms with Gasteiger partial charge in [-0.15, -0.1) is 0 Å². The van der Waals surface area contributed by atoms with Gasteiger partial charge in [0.05, 0.1) is 19.2 Å². The van der Waals surface area contributed by atoms with Crippen LogP contribution in [0.15, 0.2) is 18.2 Å². The number of aliphatic hydroxyl groups excluding tert-OH is 1. The number of piperidine rings is 1. The van der Waals surface area contributed by atoms with E-state index >= 15 is 0 Å². The SMILES string of the molecule is Cc1ccc(C)c([C@H](C)NC(=O)CN2CCC(N3CCN(CCO)CC3)CC2)c1. The van der Waals surface area contributed by atoms with E-state index in [1.54, 1.807) is 0 Å². The number of carbonyl (C=O) groups is 1. The third-order valence-corrected chi connectivity index (χ3v) is 6.54. The minimum Gasteiger partial charge on any atom is -0.395 e. The maximum absolute atomic E-state index is 12.6. The first-order chi connectivity index (χ1) is 14.0. The molecule has 1 atom stereocenters. The van der Waals surface area contributed by atoms with Gasteiger partial charge in [0.2, 0.25) is 5.91 Å².